The van der Waals surface area contributed by atoms with Gasteiger partial charge in [0.2, 0.25) is 0 Å². The van der Waals surface area contributed by atoms with Gasteiger partial charge in [-0.25, -0.2) is 13.4 Å². The Morgan fingerprint density at radius 1 is 1.12 bits per heavy atom. The van der Waals surface area contributed by atoms with E-state index in [2.05, 4.69) is 14.9 Å². The Balaban J connectivity index is 1.67. The molecule has 0 spiro atoms. The van der Waals surface area contributed by atoms with Crippen LogP contribution in [0.1, 0.15) is 19.4 Å². The van der Waals surface area contributed by atoms with Crippen LogP contribution in [0, 0.1) is 0 Å². The fourth-order valence-electron chi connectivity index (χ4n) is 2.79. The third-order valence-electron chi connectivity index (χ3n) is 4.27. The first-order valence-electron chi connectivity index (χ1n) is 7.85. The molecule has 1 aliphatic heterocycles. The van der Waals surface area contributed by atoms with Crippen molar-refractivity contribution in [3.63, 3.8) is 0 Å². The van der Waals surface area contributed by atoms with Crippen LogP contribution in [0.5, 0.6) is 0 Å². The molecule has 24 heavy (non-hydrogen) atoms. The minimum Gasteiger partial charge on any atom is -0.386 e. The number of sulfonamides is 1. The molecule has 7 nitrogen and oxygen atoms in total. The number of aromatic nitrogens is 2. The van der Waals surface area contributed by atoms with Gasteiger partial charge in [-0.05, 0) is 31.5 Å². The lowest BCUT2D eigenvalue weighted by molar-refractivity contribution is 0.0786. The summed E-state index contributed by atoms with van der Waals surface area (Å²) in [7, 11) is -3.49. The van der Waals surface area contributed by atoms with E-state index in [1.54, 1.807) is 13.8 Å². The maximum atomic E-state index is 12.5. The fourth-order valence-corrected chi connectivity index (χ4v) is 4.11. The Morgan fingerprint density at radius 3 is 2.25 bits per heavy atom. The molecule has 1 saturated heterocycles. The number of imidazole rings is 1. The van der Waals surface area contributed by atoms with Crippen LogP contribution in [0.4, 0.5) is 5.69 Å². The smallest absolute Gasteiger partial charge is 0.260 e. The first-order valence-corrected chi connectivity index (χ1v) is 9.29. The number of nitrogens with zero attached hydrogens (tertiary/aromatic N) is 3. The topological polar surface area (TPSA) is 89.5 Å². The highest BCUT2D eigenvalue weighted by atomic mass is 32.2. The molecule has 2 aromatic rings. The predicted octanol–water partition coefficient (Wildman–Crippen LogP) is 1.15. The normalized spacial score (nSPS) is 17.2. The lowest BCUT2D eigenvalue weighted by Crippen LogP contribution is -2.48. The summed E-state index contributed by atoms with van der Waals surface area (Å²) in [6.07, 6.45) is 2.70. The van der Waals surface area contributed by atoms with Gasteiger partial charge in [-0.3, -0.25) is 0 Å². The highest BCUT2D eigenvalue weighted by Crippen LogP contribution is 2.24. The Morgan fingerprint density at radius 2 is 1.75 bits per heavy atom. The number of hydrogen-bond donors (Lipinski definition) is 2. The SMILES string of the molecule is CC(C)(O)c1ccc(N2CCN(S(=O)(=O)c3cnc[nH]3)CC2)cc1. The number of rotatable bonds is 4. The highest BCUT2D eigenvalue weighted by molar-refractivity contribution is 7.89. The number of nitrogens with one attached hydrogen (secondary N) is 1. The minimum absolute atomic E-state index is 0.130. The highest BCUT2D eigenvalue weighted by Gasteiger charge is 2.29. The summed E-state index contributed by atoms with van der Waals surface area (Å²) in [6.45, 7) is 5.59. The van der Waals surface area contributed by atoms with Crippen molar-refractivity contribution < 1.29 is 13.5 Å². The number of aromatic amines is 1. The van der Waals surface area contributed by atoms with Crippen LogP contribution in [0.15, 0.2) is 41.8 Å². The molecule has 1 aliphatic rings. The van der Waals surface area contributed by atoms with Crippen molar-refractivity contribution in [1.82, 2.24) is 14.3 Å². The van der Waals surface area contributed by atoms with Gasteiger partial charge in [0.1, 0.15) is 0 Å². The Labute approximate surface area is 142 Å². The van der Waals surface area contributed by atoms with Crippen LogP contribution in [0.3, 0.4) is 0 Å². The van der Waals surface area contributed by atoms with E-state index in [-0.39, 0.29) is 5.03 Å². The van der Waals surface area contributed by atoms with Gasteiger partial charge in [-0.2, -0.15) is 4.31 Å². The molecule has 1 aromatic carbocycles. The summed E-state index contributed by atoms with van der Waals surface area (Å²) in [5.41, 5.74) is 1.02. The standard InChI is InChI=1S/C16H22N4O3S/c1-16(2,21)13-3-5-14(6-4-13)19-7-9-20(10-8-19)24(22,23)15-11-17-12-18-15/h3-6,11-12,21H,7-10H2,1-2H3,(H,17,18). The number of anilines is 1. The Bertz CT molecular complexity index is 772. The molecule has 0 aliphatic carbocycles. The summed E-state index contributed by atoms with van der Waals surface area (Å²) in [4.78, 5) is 8.59. The molecule has 0 radical (unpaired) electrons. The second-order valence-corrected chi connectivity index (χ2v) is 8.32. The van der Waals surface area contributed by atoms with Crippen LogP contribution >= 0.6 is 0 Å². The van der Waals surface area contributed by atoms with Gasteiger partial charge >= 0.3 is 0 Å². The zero-order chi connectivity index (χ0) is 17.4. The fraction of sp³-hybridized carbons (Fsp3) is 0.438. The van der Waals surface area contributed by atoms with E-state index in [0.29, 0.717) is 26.2 Å². The van der Waals surface area contributed by atoms with Crippen LogP contribution in [0.2, 0.25) is 0 Å². The molecule has 130 valence electrons. The van der Waals surface area contributed by atoms with Gasteiger partial charge in [-0.15, -0.1) is 0 Å². The second kappa shape index (κ2) is 6.19. The lowest BCUT2D eigenvalue weighted by atomic mass is 9.98. The van der Waals surface area contributed by atoms with Gasteiger partial charge in [0.25, 0.3) is 10.0 Å². The van der Waals surface area contributed by atoms with Crippen LogP contribution in [-0.2, 0) is 15.6 Å². The molecule has 0 bridgehead atoms. The van der Waals surface area contributed by atoms with Crippen LogP contribution in [0.25, 0.3) is 0 Å². The molecule has 0 saturated carbocycles. The summed E-state index contributed by atoms with van der Waals surface area (Å²) in [5, 5.41) is 10.1. The summed E-state index contributed by atoms with van der Waals surface area (Å²) < 4.78 is 26.4. The summed E-state index contributed by atoms with van der Waals surface area (Å²) in [6, 6.07) is 7.74. The molecule has 3 rings (SSSR count). The Hall–Kier alpha value is -1.90. The number of H-pyrrole nitrogens is 1. The van der Waals surface area contributed by atoms with Crippen molar-refractivity contribution in [1.29, 1.82) is 0 Å². The molecule has 0 amide bonds. The molecular formula is C16H22N4O3S. The van der Waals surface area contributed by atoms with E-state index in [4.69, 9.17) is 0 Å². The summed E-state index contributed by atoms with van der Waals surface area (Å²) >= 11 is 0. The maximum absolute atomic E-state index is 12.5. The average Bonchev–Trinajstić information content (AvgIpc) is 3.10. The van der Waals surface area contributed by atoms with Crippen LogP contribution in [-0.4, -0.2) is 54.0 Å². The predicted molar refractivity (Wildman–Crippen MR) is 91.2 cm³/mol. The Kier molecular flexibility index (Phi) is 4.37. The molecule has 0 atom stereocenters. The largest absolute Gasteiger partial charge is 0.386 e. The zero-order valence-corrected chi connectivity index (χ0v) is 14.6. The third kappa shape index (κ3) is 3.31. The molecule has 0 unspecified atom stereocenters. The van der Waals surface area contributed by atoms with E-state index >= 15 is 0 Å². The van der Waals surface area contributed by atoms with E-state index in [9.17, 15) is 13.5 Å². The minimum atomic E-state index is -3.49. The van der Waals surface area contributed by atoms with Gasteiger partial charge in [-0.1, -0.05) is 12.1 Å². The number of aliphatic hydroxyl groups is 1. The zero-order valence-electron chi connectivity index (χ0n) is 13.8. The van der Waals surface area contributed by atoms with Crippen molar-refractivity contribution >= 4 is 15.7 Å². The van der Waals surface area contributed by atoms with E-state index in [1.807, 2.05) is 24.3 Å². The monoisotopic (exact) mass is 350 g/mol. The molecule has 2 N–H and O–H groups in total. The number of hydrogen-bond acceptors (Lipinski definition) is 5. The van der Waals surface area contributed by atoms with Gasteiger partial charge in [0.05, 0.1) is 18.1 Å². The van der Waals surface area contributed by atoms with Gasteiger partial charge < -0.3 is 15.0 Å². The number of piperazine rings is 1. The third-order valence-corrected chi connectivity index (χ3v) is 6.09. The van der Waals surface area contributed by atoms with Crippen molar-refractivity contribution in [3.05, 3.63) is 42.4 Å². The molecule has 1 aromatic heterocycles. The summed E-state index contributed by atoms with van der Waals surface area (Å²) in [5.74, 6) is 0. The maximum Gasteiger partial charge on any atom is 0.260 e. The van der Waals surface area contributed by atoms with Crippen LogP contribution < -0.4 is 4.90 Å². The molecule has 2 heterocycles. The van der Waals surface area contributed by atoms with Gasteiger partial charge in [0, 0.05) is 31.9 Å². The van der Waals surface area contributed by atoms with Crippen molar-refractivity contribution in [3.8, 4) is 0 Å². The van der Waals surface area contributed by atoms with Gasteiger partial charge in [0.15, 0.2) is 5.03 Å². The molecule has 8 heteroatoms. The average molecular weight is 350 g/mol. The molecule has 1 fully saturated rings. The van der Waals surface area contributed by atoms with Crippen molar-refractivity contribution in [2.75, 3.05) is 31.1 Å². The van der Waals surface area contributed by atoms with E-state index in [0.717, 1.165) is 11.3 Å². The quantitative estimate of drug-likeness (QED) is 0.863. The molecular weight excluding hydrogens is 328 g/mol. The van der Waals surface area contributed by atoms with E-state index < -0.39 is 15.6 Å². The lowest BCUT2D eigenvalue weighted by Gasteiger charge is -2.35. The second-order valence-electron chi connectivity index (χ2n) is 6.41. The van der Waals surface area contributed by atoms with E-state index in [1.165, 1.54) is 16.8 Å². The van der Waals surface area contributed by atoms with Crippen molar-refractivity contribution in [2.45, 2.75) is 24.5 Å². The van der Waals surface area contributed by atoms with Crippen molar-refractivity contribution in [2.24, 2.45) is 0 Å². The first-order chi connectivity index (χ1) is 11.3. The first kappa shape index (κ1) is 16.9. The number of benzene rings is 1.